The summed E-state index contributed by atoms with van der Waals surface area (Å²) in [4.78, 5) is 24.5. The Morgan fingerprint density at radius 1 is 1.27 bits per heavy atom. The maximum absolute atomic E-state index is 12.3. The quantitative estimate of drug-likeness (QED) is 0.800. The van der Waals surface area contributed by atoms with Crippen molar-refractivity contribution in [3.8, 4) is 0 Å². The third-order valence-electron chi connectivity index (χ3n) is 2.81. The third-order valence-corrected chi connectivity index (χ3v) is 4.57. The van der Waals surface area contributed by atoms with E-state index < -0.39 is 11.9 Å². The fourth-order valence-electron chi connectivity index (χ4n) is 1.83. The number of carbonyl (C=O) groups excluding carboxylic acids is 2. The molecule has 1 heterocycles. The predicted octanol–water partition coefficient (Wildman–Crippen LogP) is 4.79. The highest BCUT2D eigenvalue weighted by atomic mass is 35.5. The Morgan fingerprint density at radius 2 is 1.91 bits per heavy atom. The zero-order valence-electron chi connectivity index (χ0n) is 11.9. The number of rotatable bonds is 4. The van der Waals surface area contributed by atoms with Crippen LogP contribution >= 0.6 is 34.5 Å². The van der Waals surface area contributed by atoms with E-state index in [1.807, 2.05) is 0 Å². The molecule has 0 unspecified atom stereocenters. The number of amides is 1. The summed E-state index contributed by atoms with van der Waals surface area (Å²) in [7, 11) is 0. The summed E-state index contributed by atoms with van der Waals surface area (Å²) in [6.45, 7) is 3.82. The molecule has 0 bridgehead atoms. The molecule has 0 aliphatic heterocycles. The summed E-state index contributed by atoms with van der Waals surface area (Å²) in [5, 5.41) is 3.77. The van der Waals surface area contributed by atoms with Crippen molar-refractivity contribution < 1.29 is 14.3 Å². The van der Waals surface area contributed by atoms with Gasteiger partial charge in [0, 0.05) is 0 Å². The topological polar surface area (TPSA) is 55.4 Å². The average Bonchev–Trinajstić information content (AvgIpc) is 2.79. The van der Waals surface area contributed by atoms with Crippen LogP contribution in [0.1, 0.15) is 32.5 Å². The van der Waals surface area contributed by atoms with Crippen molar-refractivity contribution in [2.45, 2.75) is 13.8 Å². The highest BCUT2D eigenvalue weighted by Crippen LogP contribution is 2.30. The van der Waals surface area contributed by atoms with Gasteiger partial charge in [0.05, 0.1) is 27.2 Å². The molecule has 0 saturated heterocycles. The normalized spacial score (nSPS) is 10.4. The van der Waals surface area contributed by atoms with Gasteiger partial charge in [-0.25, -0.2) is 4.79 Å². The number of hydrogen-bond acceptors (Lipinski definition) is 4. The molecule has 0 saturated carbocycles. The van der Waals surface area contributed by atoms with E-state index in [1.54, 1.807) is 38.1 Å². The Morgan fingerprint density at radius 3 is 2.50 bits per heavy atom. The molecule has 4 nitrogen and oxygen atoms in total. The maximum atomic E-state index is 12.3. The molecule has 1 N–H and O–H groups in total. The van der Waals surface area contributed by atoms with Gasteiger partial charge in [0.15, 0.2) is 0 Å². The molecule has 1 aromatic heterocycles. The highest BCUT2D eigenvalue weighted by molar-refractivity contribution is 7.18. The first-order valence-electron chi connectivity index (χ1n) is 6.47. The lowest BCUT2D eigenvalue weighted by atomic mass is 10.2. The molecule has 0 aliphatic carbocycles. The Balaban J connectivity index is 2.23. The molecule has 2 aromatic rings. The van der Waals surface area contributed by atoms with Crippen molar-refractivity contribution in [3.63, 3.8) is 0 Å². The number of halogens is 2. The standard InChI is InChI=1S/C15H13Cl2NO3S/c1-3-21-15(20)13-8(2)7-11(22-13)18-14(19)12-9(16)5-4-6-10(12)17/h4-7H,3H2,1-2H3,(H,18,19). The van der Waals surface area contributed by atoms with Crippen LogP contribution in [0.25, 0.3) is 0 Å². The number of ether oxygens (including phenoxy) is 1. The van der Waals surface area contributed by atoms with Crippen LogP contribution in [0.4, 0.5) is 5.00 Å². The van der Waals surface area contributed by atoms with Gasteiger partial charge in [0.2, 0.25) is 0 Å². The first-order chi connectivity index (χ1) is 10.4. The average molecular weight is 358 g/mol. The van der Waals surface area contributed by atoms with Gasteiger partial charge in [-0.1, -0.05) is 29.3 Å². The van der Waals surface area contributed by atoms with Crippen molar-refractivity contribution >= 4 is 51.4 Å². The van der Waals surface area contributed by atoms with Gasteiger partial charge < -0.3 is 10.1 Å². The summed E-state index contributed by atoms with van der Waals surface area (Å²) in [5.41, 5.74) is 0.943. The smallest absolute Gasteiger partial charge is 0.348 e. The SMILES string of the molecule is CCOC(=O)c1sc(NC(=O)c2c(Cl)cccc2Cl)cc1C. The molecule has 0 aliphatic rings. The number of hydrogen-bond donors (Lipinski definition) is 1. The summed E-state index contributed by atoms with van der Waals surface area (Å²) in [5.74, 6) is -0.825. The van der Waals surface area contributed by atoms with Crippen LogP contribution in [0, 0.1) is 6.92 Å². The van der Waals surface area contributed by atoms with Crippen LogP contribution in [0.3, 0.4) is 0 Å². The molecular weight excluding hydrogens is 345 g/mol. The van der Waals surface area contributed by atoms with E-state index in [2.05, 4.69) is 5.32 Å². The molecule has 0 atom stereocenters. The molecule has 0 fully saturated rings. The number of aryl methyl sites for hydroxylation is 1. The van der Waals surface area contributed by atoms with Gasteiger partial charge in [-0.15, -0.1) is 11.3 Å². The Labute approximate surface area is 142 Å². The van der Waals surface area contributed by atoms with E-state index in [0.717, 1.165) is 16.9 Å². The second-order valence-electron chi connectivity index (χ2n) is 4.39. The molecule has 1 aromatic carbocycles. The summed E-state index contributed by atoms with van der Waals surface area (Å²) >= 11 is 13.2. The van der Waals surface area contributed by atoms with E-state index in [9.17, 15) is 9.59 Å². The Hall–Kier alpha value is -1.56. The number of nitrogens with one attached hydrogen (secondary N) is 1. The number of carbonyl (C=O) groups is 2. The lowest BCUT2D eigenvalue weighted by Crippen LogP contribution is -2.12. The molecule has 1 amide bonds. The summed E-state index contributed by atoms with van der Waals surface area (Å²) < 4.78 is 4.97. The minimum Gasteiger partial charge on any atom is -0.462 e. The van der Waals surface area contributed by atoms with Gasteiger partial charge in [-0.2, -0.15) is 0 Å². The van der Waals surface area contributed by atoms with E-state index >= 15 is 0 Å². The van der Waals surface area contributed by atoms with Crippen LogP contribution in [0.15, 0.2) is 24.3 Å². The Bertz CT molecular complexity index is 707. The summed E-state index contributed by atoms with van der Waals surface area (Å²) in [6.07, 6.45) is 0. The van der Waals surface area contributed by atoms with Gasteiger partial charge in [0.25, 0.3) is 5.91 Å². The molecule has 22 heavy (non-hydrogen) atoms. The highest BCUT2D eigenvalue weighted by Gasteiger charge is 2.18. The van der Waals surface area contributed by atoms with Gasteiger partial charge in [-0.05, 0) is 37.6 Å². The van der Waals surface area contributed by atoms with Crippen LogP contribution in [-0.4, -0.2) is 18.5 Å². The lowest BCUT2D eigenvalue weighted by Gasteiger charge is -2.06. The maximum Gasteiger partial charge on any atom is 0.348 e. The van der Waals surface area contributed by atoms with Crippen LogP contribution in [-0.2, 0) is 4.74 Å². The fraction of sp³-hybridized carbons (Fsp3) is 0.200. The van der Waals surface area contributed by atoms with Crippen LogP contribution < -0.4 is 5.32 Å². The predicted molar refractivity (Wildman–Crippen MR) is 89.4 cm³/mol. The largest absolute Gasteiger partial charge is 0.462 e. The molecule has 7 heteroatoms. The first-order valence-corrected chi connectivity index (χ1v) is 8.04. The molecule has 2 rings (SSSR count). The van der Waals surface area contributed by atoms with Crippen molar-refractivity contribution in [2.24, 2.45) is 0 Å². The third kappa shape index (κ3) is 3.61. The minimum absolute atomic E-state index is 0.203. The summed E-state index contributed by atoms with van der Waals surface area (Å²) in [6, 6.07) is 6.55. The van der Waals surface area contributed by atoms with Gasteiger partial charge in [0.1, 0.15) is 4.88 Å². The fourth-order valence-corrected chi connectivity index (χ4v) is 3.36. The molecule has 0 radical (unpaired) electrons. The van der Waals surface area contributed by atoms with Crippen LogP contribution in [0.2, 0.25) is 10.0 Å². The van der Waals surface area contributed by atoms with E-state index in [-0.39, 0.29) is 15.6 Å². The number of benzene rings is 1. The molecule has 0 spiro atoms. The van der Waals surface area contributed by atoms with Gasteiger partial charge >= 0.3 is 5.97 Å². The number of esters is 1. The zero-order chi connectivity index (χ0) is 16.3. The Kier molecular flexibility index (Phi) is 5.45. The first kappa shape index (κ1) is 16.8. The zero-order valence-corrected chi connectivity index (χ0v) is 14.2. The second kappa shape index (κ2) is 7.13. The van der Waals surface area contributed by atoms with Crippen molar-refractivity contribution in [2.75, 3.05) is 11.9 Å². The van der Waals surface area contributed by atoms with E-state index in [1.165, 1.54) is 0 Å². The molecular formula is C15H13Cl2NO3S. The van der Waals surface area contributed by atoms with E-state index in [4.69, 9.17) is 27.9 Å². The molecule has 116 valence electrons. The number of anilines is 1. The van der Waals surface area contributed by atoms with Crippen molar-refractivity contribution in [3.05, 3.63) is 50.3 Å². The van der Waals surface area contributed by atoms with Crippen LogP contribution in [0.5, 0.6) is 0 Å². The van der Waals surface area contributed by atoms with Gasteiger partial charge in [-0.3, -0.25) is 4.79 Å². The minimum atomic E-state index is -0.424. The van der Waals surface area contributed by atoms with Crippen molar-refractivity contribution in [1.82, 2.24) is 0 Å². The van der Waals surface area contributed by atoms with E-state index in [0.29, 0.717) is 16.5 Å². The monoisotopic (exact) mass is 357 g/mol. The van der Waals surface area contributed by atoms with Crippen molar-refractivity contribution in [1.29, 1.82) is 0 Å². The number of thiophene rings is 1. The second-order valence-corrected chi connectivity index (χ2v) is 6.26. The lowest BCUT2D eigenvalue weighted by molar-refractivity contribution is 0.0531.